The zero-order valence-electron chi connectivity index (χ0n) is 13.4. The zero-order chi connectivity index (χ0) is 14.4. The van der Waals surface area contributed by atoms with Crippen molar-refractivity contribution in [3.63, 3.8) is 0 Å². The molecule has 0 bridgehead atoms. The van der Waals surface area contributed by atoms with Crippen LogP contribution in [-0.2, 0) is 13.0 Å². The third kappa shape index (κ3) is 4.34. The number of hydrogen-bond donors (Lipinski definition) is 1. The monoisotopic (exact) mass is 277 g/mol. The van der Waals surface area contributed by atoms with Crippen molar-refractivity contribution >= 4 is 0 Å². The van der Waals surface area contributed by atoms with Gasteiger partial charge in [-0.2, -0.15) is 5.10 Å². The molecule has 1 saturated carbocycles. The minimum absolute atomic E-state index is 0.636. The molecule has 1 aliphatic carbocycles. The van der Waals surface area contributed by atoms with E-state index in [1.165, 1.54) is 37.7 Å². The van der Waals surface area contributed by atoms with Gasteiger partial charge in [-0.05, 0) is 56.6 Å². The molecule has 1 aliphatic rings. The summed E-state index contributed by atoms with van der Waals surface area (Å²) in [6.45, 7) is 8.90. The van der Waals surface area contributed by atoms with E-state index in [1.54, 1.807) is 0 Å². The molecule has 1 aromatic rings. The van der Waals surface area contributed by atoms with Crippen molar-refractivity contribution in [1.82, 2.24) is 15.1 Å². The highest BCUT2D eigenvalue weighted by molar-refractivity contribution is 5.07. The smallest absolute Gasteiger partial charge is 0.0522 e. The maximum Gasteiger partial charge on any atom is 0.0522 e. The Morgan fingerprint density at radius 3 is 2.65 bits per heavy atom. The van der Waals surface area contributed by atoms with Gasteiger partial charge in [-0.15, -0.1) is 0 Å². The van der Waals surface area contributed by atoms with Gasteiger partial charge in [0.2, 0.25) is 0 Å². The summed E-state index contributed by atoms with van der Waals surface area (Å²) >= 11 is 0. The summed E-state index contributed by atoms with van der Waals surface area (Å²) in [6, 6.07) is 0.636. The summed E-state index contributed by atoms with van der Waals surface area (Å²) in [5.41, 5.74) is 1.39. The highest BCUT2D eigenvalue weighted by Gasteiger charge is 2.26. The fraction of sp³-hybridized carbons (Fsp3) is 0.824. The van der Waals surface area contributed by atoms with Crippen molar-refractivity contribution in [2.45, 2.75) is 71.9 Å². The molecule has 1 heterocycles. The van der Waals surface area contributed by atoms with E-state index in [4.69, 9.17) is 0 Å². The quantitative estimate of drug-likeness (QED) is 0.824. The molecular formula is C17H31N3. The Bertz CT molecular complexity index is 377. The predicted octanol–water partition coefficient (Wildman–Crippen LogP) is 3.64. The van der Waals surface area contributed by atoms with Crippen LogP contribution in [0.4, 0.5) is 0 Å². The van der Waals surface area contributed by atoms with Crippen molar-refractivity contribution in [2.75, 3.05) is 6.54 Å². The Kier molecular flexibility index (Phi) is 6.08. The zero-order valence-corrected chi connectivity index (χ0v) is 13.4. The van der Waals surface area contributed by atoms with Crippen LogP contribution in [0.1, 0.15) is 58.4 Å². The van der Waals surface area contributed by atoms with Crippen LogP contribution in [0.15, 0.2) is 12.4 Å². The minimum atomic E-state index is 0.636. The van der Waals surface area contributed by atoms with Crippen LogP contribution in [0.5, 0.6) is 0 Å². The second-order valence-corrected chi connectivity index (χ2v) is 6.49. The Morgan fingerprint density at radius 2 is 2.05 bits per heavy atom. The molecule has 3 nitrogen and oxygen atoms in total. The van der Waals surface area contributed by atoms with Crippen LogP contribution in [0, 0.1) is 11.8 Å². The van der Waals surface area contributed by atoms with Crippen LogP contribution in [0.2, 0.25) is 0 Å². The lowest BCUT2D eigenvalue weighted by Gasteiger charge is -2.33. The summed E-state index contributed by atoms with van der Waals surface area (Å²) in [5, 5.41) is 8.21. The van der Waals surface area contributed by atoms with Crippen molar-refractivity contribution in [3.05, 3.63) is 18.0 Å². The number of nitrogens with one attached hydrogen (secondary N) is 1. The topological polar surface area (TPSA) is 29.9 Å². The van der Waals surface area contributed by atoms with E-state index in [0.29, 0.717) is 6.04 Å². The maximum atomic E-state index is 4.41. The molecule has 0 spiro atoms. The summed E-state index contributed by atoms with van der Waals surface area (Å²) < 4.78 is 2.04. The predicted molar refractivity (Wildman–Crippen MR) is 84.8 cm³/mol. The lowest BCUT2D eigenvalue weighted by molar-refractivity contribution is 0.229. The molecule has 114 valence electrons. The first-order chi connectivity index (χ1) is 9.72. The molecule has 1 aromatic heterocycles. The third-order valence-corrected chi connectivity index (χ3v) is 4.75. The molecule has 20 heavy (non-hydrogen) atoms. The van der Waals surface area contributed by atoms with E-state index >= 15 is 0 Å². The molecule has 0 amide bonds. The van der Waals surface area contributed by atoms with Crippen molar-refractivity contribution in [1.29, 1.82) is 0 Å². The van der Waals surface area contributed by atoms with Crippen molar-refractivity contribution < 1.29 is 0 Å². The average molecular weight is 277 g/mol. The van der Waals surface area contributed by atoms with Gasteiger partial charge in [-0.25, -0.2) is 0 Å². The minimum Gasteiger partial charge on any atom is -0.313 e. The molecule has 1 N–H and O–H groups in total. The normalized spacial score (nSPS) is 24.8. The molecule has 0 saturated heterocycles. The first-order valence-corrected chi connectivity index (χ1v) is 8.47. The van der Waals surface area contributed by atoms with E-state index in [2.05, 4.69) is 43.6 Å². The number of nitrogens with zero attached hydrogens (tertiary/aromatic N) is 2. The van der Waals surface area contributed by atoms with Crippen molar-refractivity contribution in [2.24, 2.45) is 11.8 Å². The van der Waals surface area contributed by atoms with Crippen LogP contribution < -0.4 is 5.32 Å². The molecule has 0 aromatic carbocycles. The van der Waals surface area contributed by atoms with Gasteiger partial charge in [-0.3, -0.25) is 4.68 Å². The van der Waals surface area contributed by atoms with Crippen LogP contribution in [0.3, 0.4) is 0 Å². The lowest BCUT2D eigenvalue weighted by atomic mass is 9.78. The Labute approximate surface area is 124 Å². The first-order valence-electron chi connectivity index (χ1n) is 8.47. The fourth-order valence-corrected chi connectivity index (χ4v) is 3.36. The van der Waals surface area contributed by atoms with Gasteiger partial charge >= 0.3 is 0 Å². The highest BCUT2D eigenvalue weighted by atomic mass is 15.3. The summed E-state index contributed by atoms with van der Waals surface area (Å²) in [4.78, 5) is 0. The Morgan fingerprint density at radius 1 is 1.30 bits per heavy atom. The van der Waals surface area contributed by atoms with Crippen LogP contribution in [-0.4, -0.2) is 22.4 Å². The van der Waals surface area contributed by atoms with Gasteiger partial charge in [0.1, 0.15) is 0 Å². The first kappa shape index (κ1) is 15.6. The van der Waals surface area contributed by atoms with Gasteiger partial charge in [0.25, 0.3) is 0 Å². The summed E-state index contributed by atoms with van der Waals surface area (Å²) in [6.07, 6.45) is 12.2. The third-order valence-electron chi connectivity index (χ3n) is 4.75. The second kappa shape index (κ2) is 7.82. The van der Waals surface area contributed by atoms with E-state index in [0.717, 1.165) is 31.3 Å². The molecule has 1 atom stereocenters. The van der Waals surface area contributed by atoms with Gasteiger partial charge in [0.05, 0.1) is 6.20 Å². The van der Waals surface area contributed by atoms with E-state index in [9.17, 15) is 0 Å². The SMILES string of the molecule is CCCNC(Cc1cnn(CC)c1)C1CCC(C)CC1. The van der Waals surface area contributed by atoms with Crippen LogP contribution in [0.25, 0.3) is 0 Å². The van der Waals surface area contributed by atoms with Gasteiger partial charge in [0, 0.05) is 18.8 Å². The molecule has 0 radical (unpaired) electrons. The van der Waals surface area contributed by atoms with E-state index < -0.39 is 0 Å². The van der Waals surface area contributed by atoms with E-state index in [-0.39, 0.29) is 0 Å². The number of aryl methyl sites for hydroxylation is 1. The van der Waals surface area contributed by atoms with Gasteiger partial charge < -0.3 is 5.32 Å². The van der Waals surface area contributed by atoms with Gasteiger partial charge in [0.15, 0.2) is 0 Å². The fourth-order valence-electron chi connectivity index (χ4n) is 3.36. The number of rotatable bonds is 7. The largest absolute Gasteiger partial charge is 0.313 e. The molecule has 1 unspecified atom stereocenters. The molecule has 2 rings (SSSR count). The van der Waals surface area contributed by atoms with E-state index in [1.807, 2.05) is 4.68 Å². The van der Waals surface area contributed by atoms with Gasteiger partial charge in [-0.1, -0.05) is 26.7 Å². The molecular weight excluding hydrogens is 246 g/mol. The number of aromatic nitrogens is 2. The second-order valence-electron chi connectivity index (χ2n) is 6.49. The average Bonchev–Trinajstić information content (AvgIpc) is 2.92. The van der Waals surface area contributed by atoms with Crippen LogP contribution >= 0.6 is 0 Å². The lowest BCUT2D eigenvalue weighted by Crippen LogP contribution is -2.40. The standard InChI is InChI=1S/C17H31N3/c1-4-10-18-17(16-8-6-14(3)7-9-16)11-15-12-19-20(5-2)13-15/h12-14,16-18H,4-11H2,1-3H3. The number of hydrogen-bond acceptors (Lipinski definition) is 2. The Hall–Kier alpha value is -0.830. The summed E-state index contributed by atoms with van der Waals surface area (Å²) in [5.74, 6) is 1.78. The highest BCUT2D eigenvalue weighted by Crippen LogP contribution is 2.31. The Balaban J connectivity index is 1.95. The summed E-state index contributed by atoms with van der Waals surface area (Å²) in [7, 11) is 0. The molecule has 3 heteroatoms. The maximum absolute atomic E-state index is 4.41. The van der Waals surface area contributed by atoms with Crippen molar-refractivity contribution in [3.8, 4) is 0 Å². The molecule has 0 aliphatic heterocycles. The molecule has 1 fully saturated rings.